The smallest absolute Gasteiger partial charge is 0.223 e. The van der Waals surface area contributed by atoms with Crippen LogP contribution in [0.3, 0.4) is 0 Å². The first-order valence-corrected chi connectivity index (χ1v) is 7.00. The van der Waals surface area contributed by atoms with E-state index < -0.39 is 0 Å². The summed E-state index contributed by atoms with van der Waals surface area (Å²) in [6.45, 7) is 5.54. The van der Waals surface area contributed by atoms with Crippen LogP contribution in [0.25, 0.3) is 0 Å². The Hall–Kier alpha value is -1.03. The Labute approximate surface area is 113 Å². The highest BCUT2D eigenvalue weighted by Crippen LogP contribution is 2.25. The maximum atomic E-state index is 12.0. The van der Waals surface area contributed by atoms with Crippen LogP contribution in [0.1, 0.15) is 37.6 Å². The van der Waals surface area contributed by atoms with Crippen molar-refractivity contribution in [2.75, 3.05) is 6.54 Å². The molecule has 0 spiro atoms. The van der Waals surface area contributed by atoms with E-state index in [0.717, 1.165) is 43.7 Å². The molecular formula is C13H20ClN3O. The van der Waals surface area contributed by atoms with E-state index in [1.54, 1.807) is 0 Å². The van der Waals surface area contributed by atoms with Crippen LogP contribution in [0, 0.1) is 12.8 Å². The number of carbonyl (C=O) groups excluding carboxylic acids is 1. The topological polar surface area (TPSA) is 46.9 Å². The molecule has 5 heteroatoms. The Morgan fingerprint density at radius 1 is 1.50 bits per heavy atom. The summed E-state index contributed by atoms with van der Waals surface area (Å²) >= 11 is 6.29. The fourth-order valence-electron chi connectivity index (χ4n) is 2.49. The minimum atomic E-state index is 0.0337. The van der Waals surface area contributed by atoms with Gasteiger partial charge in [0.15, 0.2) is 0 Å². The third-order valence-electron chi connectivity index (χ3n) is 3.54. The van der Waals surface area contributed by atoms with Crippen LogP contribution in [-0.2, 0) is 17.8 Å². The standard InChI is InChI=1S/C13H20ClN3O/c1-3-17-11(12(14)9(2)16-17)8-10-6-4-5-7-15-13(10)18/h10H,3-8H2,1-2H3,(H,15,18). The maximum absolute atomic E-state index is 12.0. The Kier molecular flexibility index (Phi) is 4.27. The zero-order valence-corrected chi connectivity index (χ0v) is 11.8. The second-order valence-electron chi connectivity index (χ2n) is 4.85. The first kappa shape index (κ1) is 13.4. The molecule has 2 rings (SSSR count). The van der Waals surface area contributed by atoms with Gasteiger partial charge >= 0.3 is 0 Å². The van der Waals surface area contributed by atoms with Crippen molar-refractivity contribution in [3.05, 3.63) is 16.4 Å². The minimum Gasteiger partial charge on any atom is -0.356 e. The van der Waals surface area contributed by atoms with E-state index in [1.165, 1.54) is 0 Å². The summed E-state index contributed by atoms with van der Waals surface area (Å²) < 4.78 is 1.91. The number of nitrogens with zero attached hydrogens (tertiary/aromatic N) is 2. The van der Waals surface area contributed by atoms with Gasteiger partial charge in [0, 0.05) is 25.4 Å². The number of rotatable bonds is 3. The molecule has 1 aromatic rings. The largest absolute Gasteiger partial charge is 0.356 e. The van der Waals surface area contributed by atoms with Crippen LogP contribution < -0.4 is 5.32 Å². The number of amides is 1. The molecule has 1 aliphatic rings. The molecule has 1 amide bonds. The van der Waals surface area contributed by atoms with E-state index in [1.807, 2.05) is 18.5 Å². The van der Waals surface area contributed by atoms with Crippen LogP contribution in [0.4, 0.5) is 0 Å². The number of hydrogen-bond donors (Lipinski definition) is 1. The van der Waals surface area contributed by atoms with Crippen LogP contribution in [0.2, 0.25) is 5.02 Å². The van der Waals surface area contributed by atoms with E-state index in [4.69, 9.17) is 11.6 Å². The van der Waals surface area contributed by atoms with Crippen LogP contribution in [0.15, 0.2) is 0 Å². The van der Waals surface area contributed by atoms with Gasteiger partial charge in [-0.05, 0) is 26.7 Å². The number of carbonyl (C=O) groups is 1. The fourth-order valence-corrected chi connectivity index (χ4v) is 2.71. The molecule has 1 saturated heterocycles. The summed E-state index contributed by atoms with van der Waals surface area (Å²) in [6.07, 6.45) is 3.80. The predicted octanol–water partition coefficient (Wildman–Crippen LogP) is 2.32. The van der Waals surface area contributed by atoms with Gasteiger partial charge in [-0.1, -0.05) is 18.0 Å². The lowest BCUT2D eigenvalue weighted by atomic mass is 9.97. The second-order valence-corrected chi connectivity index (χ2v) is 5.23. The molecule has 0 aromatic carbocycles. The molecule has 0 radical (unpaired) electrons. The Balaban J connectivity index is 2.19. The van der Waals surface area contributed by atoms with Gasteiger partial charge in [-0.15, -0.1) is 0 Å². The predicted molar refractivity (Wildman–Crippen MR) is 71.7 cm³/mol. The van der Waals surface area contributed by atoms with Crippen LogP contribution >= 0.6 is 11.6 Å². The number of halogens is 1. The molecule has 1 aliphatic heterocycles. The van der Waals surface area contributed by atoms with Crippen molar-refractivity contribution < 1.29 is 4.79 Å². The van der Waals surface area contributed by atoms with E-state index in [9.17, 15) is 4.79 Å². The van der Waals surface area contributed by atoms with E-state index in [0.29, 0.717) is 11.4 Å². The molecule has 0 bridgehead atoms. The molecule has 1 fully saturated rings. The first-order chi connectivity index (χ1) is 8.63. The van der Waals surface area contributed by atoms with Crippen molar-refractivity contribution in [3.63, 3.8) is 0 Å². The molecule has 2 heterocycles. The van der Waals surface area contributed by atoms with Crippen LogP contribution in [0.5, 0.6) is 0 Å². The maximum Gasteiger partial charge on any atom is 0.223 e. The minimum absolute atomic E-state index is 0.0337. The molecule has 4 nitrogen and oxygen atoms in total. The lowest BCUT2D eigenvalue weighted by Gasteiger charge is -2.14. The second kappa shape index (κ2) is 5.74. The van der Waals surface area contributed by atoms with Crippen molar-refractivity contribution >= 4 is 17.5 Å². The molecule has 1 N–H and O–H groups in total. The molecule has 0 saturated carbocycles. The molecule has 1 unspecified atom stereocenters. The van der Waals surface area contributed by atoms with E-state index in [-0.39, 0.29) is 11.8 Å². The summed E-state index contributed by atoms with van der Waals surface area (Å²) in [4.78, 5) is 12.0. The van der Waals surface area contributed by atoms with Crippen molar-refractivity contribution in [1.29, 1.82) is 0 Å². The first-order valence-electron chi connectivity index (χ1n) is 6.63. The zero-order chi connectivity index (χ0) is 13.1. The highest BCUT2D eigenvalue weighted by atomic mass is 35.5. The van der Waals surface area contributed by atoms with Crippen molar-refractivity contribution in [1.82, 2.24) is 15.1 Å². The molecule has 1 atom stereocenters. The average Bonchev–Trinajstić information content (AvgIpc) is 2.53. The number of hydrogen-bond acceptors (Lipinski definition) is 2. The summed E-state index contributed by atoms with van der Waals surface area (Å²) in [7, 11) is 0. The summed E-state index contributed by atoms with van der Waals surface area (Å²) in [5.74, 6) is 0.191. The zero-order valence-electron chi connectivity index (χ0n) is 11.0. The number of aromatic nitrogens is 2. The van der Waals surface area contributed by atoms with E-state index in [2.05, 4.69) is 10.4 Å². The lowest BCUT2D eigenvalue weighted by Crippen LogP contribution is -2.30. The average molecular weight is 270 g/mol. The van der Waals surface area contributed by atoms with Gasteiger partial charge in [-0.25, -0.2) is 0 Å². The Morgan fingerprint density at radius 2 is 2.28 bits per heavy atom. The SMILES string of the molecule is CCn1nc(C)c(Cl)c1CC1CCCCNC1=O. The van der Waals surface area contributed by atoms with Gasteiger partial charge in [-0.3, -0.25) is 9.48 Å². The number of aryl methyl sites for hydroxylation is 2. The molecule has 100 valence electrons. The molecule has 0 aliphatic carbocycles. The molecule has 18 heavy (non-hydrogen) atoms. The number of nitrogens with one attached hydrogen (secondary N) is 1. The van der Waals surface area contributed by atoms with Crippen molar-refractivity contribution in [2.45, 2.75) is 46.1 Å². The van der Waals surface area contributed by atoms with Gasteiger partial charge in [-0.2, -0.15) is 5.10 Å². The van der Waals surface area contributed by atoms with Crippen LogP contribution in [-0.4, -0.2) is 22.2 Å². The Morgan fingerprint density at radius 3 is 3.00 bits per heavy atom. The molecular weight excluding hydrogens is 250 g/mol. The van der Waals surface area contributed by atoms with Gasteiger partial charge in [0.05, 0.1) is 16.4 Å². The summed E-state index contributed by atoms with van der Waals surface area (Å²) in [6, 6.07) is 0. The monoisotopic (exact) mass is 269 g/mol. The van der Waals surface area contributed by atoms with Gasteiger partial charge in [0.25, 0.3) is 0 Å². The van der Waals surface area contributed by atoms with Crippen molar-refractivity contribution in [2.24, 2.45) is 5.92 Å². The highest BCUT2D eigenvalue weighted by Gasteiger charge is 2.24. The third kappa shape index (κ3) is 2.69. The van der Waals surface area contributed by atoms with Crippen molar-refractivity contribution in [3.8, 4) is 0 Å². The Bertz CT molecular complexity index is 442. The normalized spacial score (nSPS) is 20.6. The highest BCUT2D eigenvalue weighted by molar-refractivity contribution is 6.31. The van der Waals surface area contributed by atoms with Gasteiger partial charge in [0.1, 0.15) is 0 Å². The summed E-state index contributed by atoms with van der Waals surface area (Å²) in [5.41, 5.74) is 1.85. The summed E-state index contributed by atoms with van der Waals surface area (Å²) in [5, 5.41) is 8.08. The van der Waals surface area contributed by atoms with Gasteiger partial charge in [0.2, 0.25) is 5.91 Å². The lowest BCUT2D eigenvalue weighted by molar-refractivity contribution is -0.124. The fraction of sp³-hybridized carbons (Fsp3) is 0.692. The quantitative estimate of drug-likeness (QED) is 0.915. The van der Waals surface area contributed by atoms with Gasteiger partial charge < -0.3 is 5.32 Å². The third-order valence-corrected chi connectivity index (χ3v) is 4.03. The van der Waals surface area contributed by atoms with E-state index >= 15 is 0 Å². The molecule has 1 aromatic heterocycles.